The predicted octanol–water partition coefficient (Wildman–Crippen LogP) is 0.521. The summed E-state index contributed by atoms with van der Waals surface area (Å²) in [4.78, 5) is 23.9. The molecule has 1 aromatic rings. The van der Waals surface area contributed by atoms with Gasteiger partial charge in [0.05, 0.1) is 12.5 Å². The average Bonchev–Trinajstić information content (AvgIpc) is 2.44. The zero-order valence-electron chi connectivity index (χ0n) is 12.1. The van der Waals surface area contributed by atoms with Gasteiger partial charge in [-0.25, -0.2) is 0 Å². The number of nitrogens with one attached hydrogen (secondary N) is 1. The van der Waals surface area contributed by atoms with Crippen molar-refractivity contribution < 1.29 is 14.3 Å². The summed E-state index contributed by atoms with van der Waals surface area (Å²) >= 11 is 5.92. The number of carbonyl (C=O) groups is 2. The Labute approximate surface area is 128 Å². The molecule has 0 radical (unpaired) electrons. The molecule has 2 amide bonds. The van der Waals surface area contributed by atoms with E-state index >= 15 is 0 Å². The van der Waals surface area contributed by atoms with E-state index in [1.807, 2.05) is 0 Å². The van der Waals surface area contributed by atoms with Gasteiger partial charge < -0.3 is 21.5 Å². The van der Waals surface area contributed by atoms with Crippen LogP contribution in [0.25, 0.3) is 0 Å². The maximum absolute atomic E-state index is 12.1. The van der Waals surface area contributed by atoms with Crippen molar-refractivity contribution in [1.29, 1.82) is 0 Å². The van der Waals surface area contributed by atoms with Gasteiger partial charge in [-0.2, -0.15) is 0 Å². The van der Waals surface area contributed by atoms with Crippen molar-refractivity contribution >= 4 is 23.4 Å². The van der Waals surface area contributed by atoms with Gasteiger partial charge in [0.2, 0.25) is 11.8 Å². The number of nitrogens with two attached hydrogens (primary N) is 2. The minimum Gasteiger partial charge on any atom is -0.380 e. The van der Waals surface area contributed by atoms with Crippen LogP contribution in [0, 0.1) is 0 Å². The molecule has 0 spiro atoms. The number of hydrogen-bond acceptors (Lipinski definition) is 4. The lowest BCUT2D eigenvalue weighted by Gasteiger charge is -2.28. The van der Waals surface area contributed by atoms with Crippen molar-refractivity contribution in [3.8, 4) is 0 Å². The Morgan fingerprint density at radius 2 is 2.14 bits per heavy atom. The summed E-state index contributed by atoms with van der Waals surface area (Å²) in [6, 6.07) is 6.61. The summed E-state index contributed by atoms with van der Waals surface area (Å²) in [7, 11) is 1.47. The summed E-state index contributed by atoms with van der Waals surface area (Å²) in [5.41, 5.74) is 10.1. The lowest BCUT2D eigenvalue weighted by atomic mass is 9.91. The number of methoxy groups -OCH3 is 1. The van der Waals surface area contributed by atoms with E-state index in [0.717, 1.165) is 0 Å². The van der Waals surface area contributed by atoms with E-state index in [1.54, 1.807) is 24.3 Å². The molecule has 5 N–H and O–H groups in total. The Balaban J connectivity index is 2.96. The van der Waals surface area contributed by atoms with E-state index in [-0.39, 0.29) is 18.9 Å². The molecule has 0 aliphatic heterocycles. The first-order valence-corrected chi connectivity index (χ1v) is 6.81. The molecule has 0 fully saturated rings. The van der Waals surface area contributed by atoms with Crippen molar-refractivity contribution in [3.63, 3.8) is 0 Å². The van der Waals surface area contributed by atoms with Crippen LogP contribution in [-0.2, 0) is 19.9 Å². The first kappa shape index (κ1) is 17.4. The average molecular weight is 314 g/mol. The Hall–Kier alpha value is -1.63. The molecule has 1 rings (SSSR count). The van der Waals surface area contributed by atoms with E-state index < -0.39 is 17.6 Å². The zero-order chi connectivity index (χ0) is 16.0. The largest absolute Gasteiger partial charge is 0.380 e. The summed E-state index contributed by atoms with van der Waals surface area (Å²) in [6.07, 6.45) is -0.377. The van der Waals surface area contributed by atoms with Crippen molar-refractivity contribution in [3.05, 3.63) is 34.9 Å². The number of halogens is 1. The number of ether oxygens (including phenoxy) is 1. The topological polar surface area (TPSA) is 107 Å². The molecule has 21 heavy (non-hydrogen) atoms. The van der Waals surface area contributed by atoms with E-state index in [0.29, 0.717) is 10.6 Å². The van der Waals surface area contributed by atoms with Gasteiger partial charge in [-0.05, 0) is 24.6 Å². The predicted molar refractivity (Wildman–Crippen MR) is 80.6 cm³/mol. The van der Waals surface area contributed by atoms with Gasteiger partial charge in [0, 0.05) is 18.7 Å². The highest BCUT2D eigenvalue weighted by molar-refractivity contribution is 6.30. The van der Waals surface area contributed by atoms with E-state index in [2.05, 4.69) is 5.32 Å². The number of primary amides is 1. The number of hydrogen-bond donors (Lipinski definition) is 3. The van der Waals surface area contributed by atoms with Crippen LogP contribution in [0.3, 0.4) is 0 Å². The Bertz CT molecular complexity index is 520. The molecule has 7 heteroatoms. The van der Waals surface area contributed by atoms with Crippen molar-refractivity contribution in [2.75, 3.05) is 13.7 Å². The van der Waals surface area contributed by atoms with Gasteiger partial charge in [0.25, 0.3) is 0 Å². The molecule has 2 atom stereocenters. The Kier molecular flexibility index (Phi) is 6.14. The lowest BCUT2D eigenvalue weighted by molar-refractivity contribution is -0.132. The van der Waals surface area contributed by atoms with Crippen LogP contribution in [-0.4, -0.2) is 31.6 Å². The summed E-state index contributed by atoms with van der Waals surface area (Å²) in [5.74, 6) is -1.06. The molecule has 0 saturated carbocycles. The summed E-state index contributed by atoms with van der Waals surface area (Å²) in [5, 5.41) is 3.08. The monoisotopic (exact) mass is 313 g/mol. The van der Waals surface area contributed by atoms with Gasteiger partial charge in [0.15, 0.2) is 0 Å². The van der Waals surface area contributed by atoms with Gasteiger partial charge >= 0.3 is 0 Å². The fourth-order valence-corrected chi connectivity index (χ4v) is 2.07. The smallest absolute Gasteiger partial charge is 0.247 e. The minimum absolute atomic E-state index is 0.0381. The SMILES string of the molecule is COC(CN)CC(=O)NC(C)(C(N)=O)c1cccc(Cl)c1. The molecule has 2 unspecified atom stereocenters. The normalized spacial score (nSPS) is 15.0. The van der Waals surface area contributed by atoms with Crippen molar-refractivity contribution in [1.82, 2.24) is 5.32 Å². The van der Waals surface area contributed by atoms with Gasteiger partial charge in [-0.3, -0.25) is 9.59 Å². The van der Waals surface area contributed by atoms with Crippen molar-refractivity contribution in [2.45, 2.75) is 25.0 Å². The minimum atomic E-state index is -1.35. The molecule has 0 saturated heterocycles. The second-order valence-electron chi connectivity index (χ2n) is 4.85. The Morgan fingerprint density at radius 3 is 2.62 bits per heavy atom. The molecule has 116 valence electrons. The van der Waals surface area contributed by atoms with E-state index in [9.17, 15) is 9.59 Å². The lowest BCUT2D eigenvalue weighted by Crippen LogP contribution is -2.53. The maximum Gasteiger partial charge on any atom is 0.247 e. The highest BCUT2D eigenvalue weighted by atomic mass is 35.5. The molecule has 1 aromatic carbocycles. The molecule has 0 bridgehead atoms. The molecular formula is C14H20ClN3O3. The van der Waals surface area contributed by atoms with E-state index in [1.165, 1.54) is 14.0 Å². The number of benzene rings is 1. The van der Waals surface area contributed by atoms with E-state index in [4.69, 9.17) is 27.8 Å². The first-order valence-electron chi connectivity index (χ1n) is 6.43. The second-order valence-corrected chi connectivity index (χ2v) is 5.28. The van der Waals surface area contributed by atoms with Gasteiger partial charge in [0.1, 0.15) is 5.54 Å². The van der Waals surface area contributed by atoms with Gasteiger partial charge in [-0.1, -0.05) is 23.7 Å². The van der Waals surface area contributed by atoms with Crippen LogP contribution in [0.2, 0.25) is 5.02 Å². The van der Waals surface area contributed by atoms with Crippen LogP contribution < -0.4 is 16.8 Å². The van der Waals surface area contributed by atoms with Crippen LogP contribution in [0.4, 0.5) is 0 Å². The van der Waals surface area contributed by atoms with Crippen LogP contribution in [0.15, 0.2) is 24.3 Å². The Morgan fingerprint density at radius 1 is 1.48 bits per heavy atom. The van der Waals surface area contributed by atoms with Crippen LogP contribution in [0.5, 0.6) is 0 Å². The molecule has 6 nitrogen and oxygen atoms in total. The molecule has 0 aromatic heterocycles. The third-order valence-corrected chi connectivity index (χ3v) is 3.53. The fourth-order valence-electron chi connectivity index (χ4n) is 1.88. The third-order valence-electron chi connectivity index (χ3n) is 3.29. The van der Waals surface area contributed by atoms with Crippen LogP contribution in [0.1, 0.15) is 18.9 Å². The standard InChI is InChI=1S/C14H20ClN3O3/c1-14(13(17)20,9-4-3-5-10(15)6-9)18-12(19)7-11(8-16)21-2/h3-6,11H,7-8,16H2,1-2H3,(H2,17,20)(H,18,19). The number of rotatable bonds is 7. The zero-order valence-corrected chi connectivity index (χ0v) is 12.8. The van der Waals surface area contributed by atoms with Crippen LogP contribution >= 0.6 is 11.6 Å². The fraction of sp³-hybridized carbons (Fsp3) is 0.429. The summed E-state index contributed by atoms with van der Waals surface area (Å²) < 4.78 is 5.05. The maximum atomic E-state index is 12.1. The second kappa shape index (κ2) is 7.40. The highest BCUT2D eigenvalue weighted by Gasteiger charge is 2.35. The molecule has 0 heterocycles. The number of amides is 2. The first-order chi connectivity index (χ1) is 9.83. The third kappa shape index (κ3) is 4.42. The molecule has 0 aliphatic carbocycles. The number of carbonyl (C=O) groups excluding carboxylic acids is 2. The highest BCUT2D eigenvalue weighted by Crippen LogP contribution is 2.23. The quantitative estimate of drug-likeness (QED) is 0.682. The molecular weight excluding hydrogens is 294 g/mol. The molecule has 0 aliphatic rings. The summed E-state index contributed by atoms with van der Waals surface area (Å²) in [6.45, 7) is 1.73. The van der Waals surface area contributed by atoms with Gasteiger partial charge in [-0.15, -0.1) is 0 Å². The van der Waals surface area contributed by atoms with Crippen molar-refractivity contribution in [2.24, 2.45) is 11.5 Å².